The number of aliphatic hydroxyl groups is 2. The predicted octanol–water partition coefficient (Wildman–Crippen LogP) is 2.33. The van der Waals surface area contributed by atoms with Crippen molar-refractivity contribution >= 4 is 17.9 Å². The molecule has 1 amide bonds. The first-order chi connectivity index (χ1) is 13.7. The van der Waals surface area contributed by atoms with E-state index in [1.807, 2.05) is 6.07 Å². The van der Waals surface area contributed by atoms with Gasteiger partial charge in [-0.2, -0.15) is 13.2 Å². The smallest absolute Gasteiger partial charge is 0.434 e. The average molecular weight is 429 g/mol. The minimum Gasteiger partial charge on any atom is -0.445 e. The zero-order valence-electron chi connectivity index (χ0n) is 15.0. The van der Waals surface area contributed by atoms with Crippen molar-refractivity contribution in [3.8, 4) is 0 Å². The molecule has 0 unspecified atom stereocenters. The number of aromatic nitrogens is 2. The number of carbonyl (C=O) groups is 1. The third kappa shape index (κ3) is 5.58. The molecule has 3 rings (SSSR count). The lowest BCUT2D eigenvalue weighted by Crippen LogP contribution is -2.55. The molecule has 1 fully saturated rings. The van der Waals surface area contributed by atoms with Gasteiger partial charge in [-0.3, -0.25) is 4.98 Å². The normalized spacial score (nSPS) is 22.4. The zero-order valence-corrected chi connectivity index (χ0v) is 15.8. The van der Waals surface area contributed by atoms with Gasteiger partial charge in [0.2, 0.25) is 0 Å². The summed E-state index contributed by atoms with van der Waals surface area (Å²) in [4.78, 5) is 20.6. The van der Waals surface area contributed by atoms with Gasteiger partial charge in [0.15, 0.2) is 5.69 Å². The zero-order chi connectivity index (χ0) is 21.0. The maximum absolute atomic E-state index is 12.8. The first kappa shape index (κ1) is 21.3. The van der Waals surface area contributed by atoms with Crippen LogP contribution in [0.1, 0.15) is 11.3 Å². The van der Waals surface area contributed by atoms with Crippen LogP contribution in [0.2, 0.25) is 0 Å². The highest BCUT2D eigenvalue weighted by atomic mass is 32.2. The Morgan fingerprint density at radius 1 is 1.21 bits per heavy atom. The lowest BCUT2D eigenvalue weighted by atomic mass is 10.1. The number of aliphatic hydroxyl groups excluding tert-OH is 2. The molecule has 1 saturated heterocycles. The summed E-state index contributed by atoms with van der Waals surface area (Å²) in [6.45, 7) is -0.152. The largest absolute Gasteiger partial charge is 0.445 e. The molecule has 156 valence electrons. The Morgan fingerprint density at radius 2 is 1.93 bits per heavy atom. The first-order valence-corrected chi connectivity index (χ1v) is 9.49. The van der Waals surface area contributed by atoms with Crippen LogP contribution < -0.4 is 0 Å². The molecule has 3 atom stereocenters. The van der Waals surface area contributed by atoms with E-state index in [1.54, 1.807) is 24.3 Å². The molecule has 0 radical (unpaired) electrons. The number of amides is 1. The van der Waals surface area contributed by atoms with Crippen molar-refractivity contribution < 1.29 is 32.9 Å². The van der Waals surface area contributed by atoms with Gasteiger partial charge in [-0.05, 0) is 5.56 Å². The number of carbonyl (C=O) groups excluding carboxylic acids is 1. The Labute approximate surface area is 168 Å². The fraction of sp³-hybridized carbons (Fsp3) is 0.389. The summed E-state index contributed by atoms with van der Waals surface area (Å²) in [7, 11) is 0. The number of hydrogen-bond acceptors (Lipinski definition) is 7. The molecule has 0 spiro atoms. The third-order valence-corrected chi connectivity index (χ3v) is 5.39. The van der Waals surface area contributed by atoms with Gasteiger partial charge in [-0.25, -0.2) is 9.78 Å². The van der Waals surface area contributed by atoms with E-state index in [9.17, 15) is 28.2 Å². The van der Waals surface area contributed by atoms with Gasteiger partial charge >= 0.3 is 12.3 Å². The molecule has 0 saturated carbocycles. The summed E-state index contributed by atoms with van der Waals surface area (Å²) in [6.07, 6.45) is -6.14. The molecule has 0 bridgehead atoms. The van der Waals surface area contributed by atoms with E-state index >= 15 is 0 Å². The summed E-state index contributed by atoms with van der Waals surface area (Å²) in [5.74, 6) is 0. The summed E-state index contributed by atoms with van der Waals surface area (Å²) >= 11 is 0.809. The molecule has 1 aliphatic rings. The van der Waals surface area contributed by atoms with Crippen LogP contribution in [-0.4, -0.2) is 61.7 Å². The van der Waals surface area contributed by atoms with Crippen molar-refractivity contribution in [1.29, 1.82) is 0 Å². The number of halogens is 3. The van der Waals surface area contributed by atoms with E-state index in [1.165, 1.54) is 4.90 Å². The maximum Gasteiger partial charge on any atom is 0.434 e. The number of ether oxygens (including phenoxy) is 1. The summed E-state index contributed by atoms with van der Waals surface area (Å²) in [5, 5.41) is 19.4. The molecular formula is C18H18F3N3O4S. The van der Waals surface area contributed by atoms with Crippen molar-refractivity contribution in [3.05, 3.63) is 54.0 Å². The van der Waals surface area contributed by atoms with Crippen LogP contribution in [-0.2, 0) is 17.5 Å². The van der Waals surface area contributed by atoms with Crippen LogP contribution >= 0.6 is 11.8 Å². The maximum atomic E-state index is 12.8. The first-order valence-electron chi connectivity index (χ1n) is 8.61. The van der Waals surface area contributed by atoms with Crippen molar-refractivity contribution in [2.75, 3.05) is 13.1 Å². The number of piperidine rings is 1. The van der Waals surface area contributed by atoms with Crippen molar-refractivity contribution in [3.63, 3.8) is 0 Å². The number of benzene rings is 1. The van der Waals surface area contributed by atoms with Crippen LogP contribution in [0, 0.1) is 0 Å². The number of likely N-dealkylation sites (tertiary alicyclic amines) is 1. The molecule has 2 heterocycles. The molecule has 0 aliphatic carbocycles. The Morgan fingerprint density at radius 3 is 2.62 bits per heavy atom. The standard InChI is InChI=1S/C18H18F3N3O4S/c19-18(20,21)14-6-22-7-15(23-14)29-13-9-24(8-12(25)16(13)26)17(27)28-10-11-4-2-1-3-5-11/h1-7,12-13,16,25-26H,8-10H2/t12-,13-,16-/m0/s1. The second-order valence-corrected chi connectivity index (χ2v) is 7.66. The van der Waals surface area contributed by atoms with Gasteiger partial charge in [0.05, 0.1) is 36.4 Å². The molecule has 1 aromatic heterocycles. The van der Waals surface area contributed by atoms with Gasteiger partial charge in [0, 0.05) is 6.54 Å². The number of hydrogen-bond donors (Lipinski definition) is 2. The highest BCUT2D eigenvalue weighted by Crippen LogP contribution is 2.32. The minimum atomic E-state index is -4.65. The molecular weight excluding hydrogens is 411 g/mol. The van der Waals surface area contributed by atoms with E-state index in [4.69, 9.17) is 4.74 Å². The topological polar surface area (TPSA) is 95.8 Å². The Hall–Kier alpha value is -2.37. The van der Waals surface area contributed by atoms with Crippen LogP contribution in [0.15, 0.2) is 47.8 Å². The quantitative estimate of drug-likeness (QED) is 0.770. The number of thioether (sulfide) groups is 1. The number of β-amino-alcohol motifs (C(OH)–C–C–N with tert-alkyl or cyclic N) is 1. The highest BCUT2D eigenvalue weighted by molar-refractivity contribution is 8.00. The number of nitrogens with zero attached hydrogens (tertiary/aromatic N) is 3. The van der Waals surface area contributed by atoms with Gasteiger partial charge in [-0.15, -0.1) is 0 Å². The predicted molar refractivity (Wildman–Crippen MR) is 96.9 cm³/mol. The van der Waals surface area contributed by atoms with Crippen LogP contribution in [0.25, 0.3) is 0 Å². The van der Waals surface area contributed by atoms with Crippen molar-refractivity contribution in [2.45, 2.75) is 35.3 Å². The van der Waals surface area contributed by atoms with E-state index < -0.39 is 35.4 Å². The van der Waals surface area contributed by atoms with Crippen molar-refractivity contribution in [1.82, 2.24) is 14.9 Å². The summed E-state index contributed by atoms with van der Waals surface area (Å²) < 4.78 is 43.6. The lowest BCUT2D eigenvalue weighted by Gasteiger charge is -2.38. The van der Waals surface area contributed by atoms with Gasteiger partial charge in [0.25, 0.3) is 0 Å². The summed E-state index contributed by atoms with van der Waals surface area (Å²) in [5.41, 5.74) is -0.379. The lowest BCUT2D eigenvalue weighted by molar-refractivity contribution is -0.141. The molecule has 7 nitrogen and oxygen atoms in total. The van der Waals surface area contributed by atoms with E-state index in [2.05, 4.69) is 9.97 Å². The Bertz CT molecular complexity index is 841. The molecule has 2 aromatic rings. The third-order valence-electron chi connectivity index (χ3n) is 4.22. The SMILES string of the molecule is O=C(OCc1ccccc1)N1C[C@H](Sc2cncc(C(F)(F)F)n2)[C@@H](O)[C@@H](O)C1. The van der Waals surface area contributed by atoms with E-state index in [0.717, 1.165) is 23.5 Å². The highest BCUT2D eigenvalue weighted by Gasteiger charge is 2.39. The van der Waals surface area contributed by atoms with Crippen LogP contribution in [0.3, 0.4) is 0 Å². The molecule has 2 N–H and O–H groups in total. The monoisotopic (exact) mass is 429 g/mol. The number of alkyl halides is 3. The van der Waals surface area contributed by atoms with Crippen LogP contribution in [0.4, 0.5) is 18.0 Å². The second-order valence-electron chi connectivity index (χ2n) is 6.40. The minimum absolute atomic E-state index is 0.0333. The molecule has 1 aliphatic heterocycles. The van der Waals surface area contributed by atoms with Gasteiger partial charge in [-0.1, -0.05) is 42.1 Å². The van der Waals surface area contributed by atoms with Crippen LogP contribution in [0.5, 0.6) is 0 Å². The van der Waals surface area contributed by atoms with E-state index in [-0.39, 0.29) is 24.7 Å². The molecule has 1 aromatic carbocycles. The fourth-order valence-corrected chi connectivity index (χ4v) is 3.90. The van der Waals surface area contributed by atoms with Gasteiger partial charge < -0.3 is 19.8 Å². The van der Waals surface area contributed by atoms with E-state index in [0.29, 0.717) is 6.20 Å². The number of rotatable bonds is 4. The average Bonchev–Trinajstić information content (AvgIpc) is 2.70. The Kier molecular flexibility index (Phi) is 6.60. The van der Waals surface area contributed by atoms with Crippen molar-refractivity contribution in [2.24, 2.45) is 0 Å². The molecule has 11 heteroatoms. The second kappa shape index (κ2) is 8.97. The van der Waals surface area contributed by atoms with Gasteiger partial charge in [0.1, 0.15) is 11.6 Å². The molecule has 29 heavy (non-hydrogen) atoms. The fourth-order valence-electron chi connectivity index (χ4n) is 2.74. The summed E-state index contributed by atoms with van der Waals surface area (Å²) in [6, 6.07) is 8.99. The Balaban J connectivity index is 1.65.